The Morgan fingerprint density at radius 1 is 1.50 bits per heavy atom. The number of halogens is 2. The van der Waals surface area contributed by atoms with Gasteiger partial charge in [0.05, 0.1) is 10.0 Å². The second-order valence-electron chi connectivity index (χ2n) is 4.21. The second-order valence-corrected chi connectivity index (χ2v) is 5.06. The number of rotatable bonds is 2. The van der Waals surface area contributed by atoms with E-state index in [0.717, 1.165) is 24.8 Å². The van der Waals surface area contributed by atoms with Crippen LogP contribution >= 0.6 is 15.9 Å². The summed E-state index contributed by atoms with van der Waals surface area (Å²) in [6.45, 7) is 1.84. The highest BCUT2D eigenvalue weighted by Crippen LogP contribution is 2.23. The summed E-state index contributed by atoms with van der Waals surface area (Å²) in [5.41, 5.74) is 0.991. The maximum Gasteiger partial charge on any atom is 0.254 e. The topological polar surface area (TPSA) is 29.1 Å². The molecule has 1 saturated carbocycles. The van der Waals surface area contributed by atoms with Crippen molar-refractivity contribution in [2.24, 2.45) is 0 Å². The summed E-state index contributed by atoms with van der Waals surface area (Å²) in [7, 11) is 0. The summed E-state index contributed by atoms with van der Waals surface area (Å²) in [6.07, 6.45) is 3.14. The van der Waals surface area contributed by atoms with Crippen LogP contribution in [0.1, 0.15) is 35.2 Å². The van der Waals surface area contributed by atoms with E-state index in [4.69, 9.17) is 0 Å². The van der Waals surface area contributed by atoms with Crippen LogP contribution in [0.25, 0.3) is 0 Å². The minimum absolute atomic E-state index is 0.124. The van der Waals surface area contributed by atoms with E-state index in [1.165, 1.54) is 0 Å². The zero-order valence-corrected chi connectivity index (χ0v) is 10.6. The molecular formula is C12H13BrFNO. The van der Waals surface area contributed by atoms with Crippen LogP contribution in [-0.4, -0.2) is 11.9 Å². The van der Waals surface area contributed by atoms with Gasteiger partial charge < -0.3 is 5.32 Å². The highest BCUT2D eigenvalue weighted by atomic mass is 79.9. The average Bonchev–Trinajstić information content (AvgIpc) is 2.17. The predicted molar refractivity (Wildman–Crippen MR) is 63.9 cm³/mol. The predicted octanol–water partition coefficient (Wildman–Crippen LogP) is 3.18. The van der Waals surface area contributed by atoms with Crippen molar-refractivity contribution in [3.63, 3.8) is 0 Å². The summed E-state index contributed by atoms with van der Waals surface area (Å²) < 4.78 is 14.0. The summed E-state index contributed by atoms with van der Waals surface area (Å²) in [4.78, 5) is 11.8. The standard InChI is InChI=1S/C12H13BrFNO/c1-7-5-9(11(14)10(13)6-7)12(16)15-8-3-2-4-8/h5-6,8H,2-4H2,1H3,(H,15,16). The van der Waals surface area contributed by atoms with Crippen molar-refractivity contribution in [1.29, 1.82) is 0 Å². The smallest absolute Gasteiger partial charge is 0.254 e. The zero-order chi connectivity index (χ0) is 11.7. The molecule has 1 aromatic rings. The zero-order valence-electron chi connectivity index (χ0n) is 9.02. The fourth-order valence-electron chi connectivity index (χ4n) is 1.71. The van der Waals surface area contributed by atoms with Gasteiger partial charge in [-0.05, 0) is 59.8 Å². The average molecular weight is 286 g/mol. The Hall–Kier alpha value is -0.900. The highest BCUT2D eigenvalue weighted by Gasteiger charge is 2.22. The normalized spacial score (nSPS) is 15.7. The molecule has 0 unspecified atom stereocenters. The van der Waals surface area contributed by atoms with Gasteiger partial charge in [0.25, 0.3) is 5.91 Å². The van der Waals surface area contributed by atoms with Crippen LogP contribution in [0.2, 0.25) is 0 Å². The lowest BCUT2D eigenvalue weighted by Gasteiger charge is -2.26. The van der Waals surface area contributed by atoms with Gasteiger partial charge in [-0.2, -0.15) is 0 Å². The molecule has 1 fully saturated rings. The Bertz CT molecular complexity index is 429. The van der Waals surface area contributed by atoms with E-state index >= 15 is 0 Å². The van der Waals surface area contributed by atoms with Gasteiger partial charge in [0.2, 0.25) is 0 Å². The highest BCUT2D eigenvalue weighted by molar-refractivity contribution is 9.10. The Labute approximate surface area is 102 Å². The first-order chi connectivity index (χ1) is 7.58. The molecule has 4 heteroatoms. The summed E-state index contributed by atoms with van der Waals surface area (Å²) in [6, 6.07) is 3.47. The van der Waals surface area contributed by atoms with Gasteiger partial charge in [0, 0.05) is 6.04 Å². The quantitative estimate of drug-likeness (QED) is 0.889. The Morgan fingerprint density at radius 2 is 2.19 bits per heavy atom. The summed E-state index contributed by atoms with van der Waals surface area (Å²) >= 11 is 3.11. The largest absolute Gasteiger partial charge is 0.349 e. The first kappa shape index (κ1) is 11.6. The molecule has 0 radical (unpaired) electrons. The third kappa shape index (κ3) is 2.26. The summed E-state index contributed by atoms with van der Waals surface area (Å²) in [5.74, 6) is -0.797. The molecule has 2 rings (SSSR count). The SMILES string of the molecule is Cc1cc(Br)c(F)c(C(=O)NC2CCC2)c1. The lowest BCUT2D eigenvalue weighted by Crippen LogP contribution is -2.39. The van der Waals surface area contributed by atoms with Crippen molar-refractivity contribution < 1.29 is 9.18 Å². The molecule has 2 nitrogen and oxygen atoms in total. The number of nitrogens with one attached hydrogen (secondary N) is 1. The fourth-order valence-corrected chi connectivity index (χ4v) is 2.28. The van der Waals surface area contributed by atoms with E-state index in [1.54, 1.807) is 12.1 Å². The molecule has 0 aliphatic heterocycles. The molecule has 16 heavy (non-hydrogen) atoms. The van der Waals surface area contributed by atoms with Crippen LogP contribution in [0, 0.1) is 12.7 Å². The van der Waals surface area contributed by atoms with E-state index in [-0.39, 0.29) is 17.5 Å². The van der Waals surface area contributed by atoms with Crippen molar-refractivity contribution in [2.75, 3.05) is 0 Å². The summed E-state index contributed by atoms with van der Waals surface area (Å²) in [5, 5.41) is 2.83. The van der Waals surface area contributed by atoms with Gasteiger partial charge in [0.1, 0.15) is 5.82 Å². The van der Waals surface area contributed by atoms with Gasteiger partial charge in [-0.3, -0.25) is 4.79 Å². The molecule has 0 spiro atoms. The maximum absolute atomic E-state index is 13.7. The van der Waals surface area contributed by atoms with Crippen LogP contribution in [0.5, 0.6) is 0 Å². The number of amides is 1. The molecule has 1 N–H and O–H groups in total. The van der Waals surface area contributed by atoms with Gasteiger partial charge in [-0.15, -0.1) is 0 Å². The van der Waals surface area contributed by atoms with Crippen LogP contribution < -0.4 is 5.32 Å². The lowest BCUT2D eigenvalue weighted by molar-refractivity contribution is 0.0912. The van der Waals surface area contributed by atoms with Gasteiger partial charge >= 0.3 is 0 Å². The number of carbonyl (C=O) groups excluding carboxylic acids is 1. The molecular weight excluding hydrogens is 273 g/mol. The monoisotopic (exact) mass is 285 g/mol. The van der Waals surface area contributed by atoms with Crippen LogP contribution in [0.3, 0.4) is 0 Å². The molecule has 0 atom stereocenters. The van der Waals surface area contributed by atoms with Crippen molar-refractivity contribution in [2.45, 2.75) is 32.2 Å². The number of carbonyl (C=O) groups is 1. The molecule has 1 aliphatic carbocycles. The van der Waals surface area contributed by atoms with Gasteiger partial charge in [-0.25, -0.2) is 4.39 Å². The molecule has 0 saturated heterocycles. The molecule has 1 aromatic carbocycles. The maximum atomic E-state index is 13.7. The lowest BCUT2D eigenvalue weighted by atomic mass is 9.93. The number of hydrogen-bond donors (Lipinski definition) is 1. The van der Waals surface area contributed by atoms with E-state index in [1.807, 2.05) is 6.92 Å². The van der Waals surface area contributed by atoms with E-state index in [9.17, 15) is 9.18 Å². The number of hydrogen-bond acceptors (Lipinski definition) is 1. The van der Waals surface area contributed by atoms with Crippen molar-refractivity contribution in [3.05, 3.63) is 33.5 Å². The molecule has 1 aliphatic rings. The van der Waals surface area contributed by atoms with Crippen molar-refractivity contribution in [3.8, 4) is 0 Å². The van der Waals surface area contributed by atoms with E-state index in [0.29, 0.717) is 4.47 Å². The van der Waals surface area contributed by atoms with Crippen LogP contribution in [-0.2, 0) is 0 Å². The third-order valence-corrected chi connectivity index (χ3v) is 3.43. The Morgan fingerprint density at radius 3 is 2.75 bits per heavy atom. The van der Waals surface area contributed by atoms with E-state index in [2.05, 4.69) is 21.2 Å². The van der Waals surface area contributed by atoms with Crippen LogP contribution in [0.15, 0.2) is 16.6 Å². The minimum Gasteiger partial charge on any atom is -0.349 e. The first-order valence-electron chi connectivity index (χ1n) is 5.34. The van der Waals surface area contributed by atoms with E-state index < -0.39 is 5.82 Å². The molecule has 1 amide bonds. The minimum atomic E-state index is -0.484. The molecule has 0 bridgehead atoms. The molecule has 0 aromatic heterocycles. The van der Waals surface area contributed by atoms with Crippen LogP contribution in [0.4, 0.5) is 4.39 Å². The number of benzene rings is 1. The second kappa shape index (κ2) is 4.53. The van der Waals surface area contributed by atoms with Crippen molar-refractivity contribution in [1.82, 2.24) is 5.32 Å². The van der Waals surface area contributed by atoms with Crippen molar-refractivity contribution >= 4 is 21.8 Å². The first-order valence-corrected chi connectivity index (χ1v) is 6.13. The van der Waals surface area contributed by atoms with Gasteiger partial charge in [0.15, 0.2) is 0 Å². The number of aryl methyl sites for hydroxylation is 1. The third-order valence-electron chi connectivity index (χ3n) is 2.86. The Balaban J connectivity index is 2.21. The molecule has 86 valence electrons. The Kier molecular flexibility index (Phi) is 3.28. The fraction of sp³-hybridized carbons (Fsp3) is 0.417. The van der Waals surface area contributed by atoms with Gasteiger partial charge in [-0.1, -0.05) is 0 Å². The molecule has 0 heterocycles.